The van der Waals surface area contributed by atoms with Gasteiger partial charge in [0.1, 0.15) is 5.75 Å². The standard InChI is InChI=1S/C12H18N2O/c1-13-7-10-6-9-4-3-5-12(15-2)11(9)8-14-10/h3-5,10,13-14H,6-8H2,1-2H3. The number of hydrogen-bond acceptors (Lipinski definition) is 3. The van der Waals surface area contributed by atoms with Crippen LogP contribution in [0.15, 0.2) is 18.2 Å². The van der Waals surface area contributed by atoms with Gasteiger partial charge in [-0.05, 0) is 25.1 Å². The predicted octanol–water partition coefficient (Wildman–Crippen LogP) is 0.929. The van der Waals surface area contributed by atoms with Crippen LogP contribution in [-0.4, -0.2) is 26.7 Å². The SMILES string of the molecule is CNCC1Cc2cccc(OC)c2CN1. The third-order valence-electron chi connectivity index (χ3n) is 2.93. The zero-order valence-electron chi connectivity index (χ0n) is 9.34. The quantitative estimate of drug-likeness (QED) is 0.772. The van der Waals surface area contributed by atoms with Crippen molar-refractivity contribution in [2.45, 2.75) is 19.0 Å². The molecule has 1 unspecified atom stereocenters. The number of hydrogen-bond donors (Lipinski definition) is 2. The molecule has 0 spiro atoms. The maximum absolute atomic E-state index is 5.35. The van der Waals surface area contributed by atoms with Crippen molar-refractivity contribution in [3.05, 3.63) is 29.3 Å². The number of rotatable bonds is 3. The van der Waals surface area contributed by atoms with Crippen LogP contribution in [0.2, 0.25) is 0 Å². The van der Waals surface area contributed by atoms with Crippen LogP contribution >= 0.6 is 0 Å². The highest BCUT2D eigenvalue weighted by Crippen LogP contribution is 2.25. The van der Waals surface area contributed by atoms with Gasteiger partial charge in [0.2, 0.25) is 0 Å². The van der Waals surface area contributed by atoms with Crippen LogP contribution in [0.4, 0.5) is 0 Å². The van der Waals surface area contributed by atoms with E-state index in [9.17, 15) is 0 Å². The highest BCUT2D eigenvalue weighted by atomic mass is 16.5. The molecule has 15 heavy (non-hydrogen) atoms. The molecular weight excluding hydrogens is 188 g/mol. The Labute approximate surface area is 90.8 Å². The average Bonchev–Trinajstić information content (AvgIpc) is 2.28. The van der Waals surface area contributed by atoms with Crippen LogP contribution in [0, 0.1) is 0 Å². The van der Waals surface area contributed by atoms with E-state index in [0.29, 0.717) is 6.04 Å². The van der Waals surface area contributed by atoms with E-state index in [1.165, 1.54) is 11.1 Å². The van der Waals surface area contributed by atoms with Crippen molar-refractivity contribution in [2.24, 2.45) is 0 Å². The van der Waals surface area contributed by atoms with Crippen LogP contribution < -0.4 is 15.4 Å². The minimum Gasteiger partial charge on any atom is -0.496 e. The largest absolute Gasteiger partial charge is 0.496 e. The van der Waals surface area contributed by atoms with E-state index in [4.69, 9.17) is 4.74 Å². The van der Waals surface area contributed by atoms with Crippen LogP contribution in [0.5, 0.6) is 5.75 Å². The van der Waals surface area contributed by atoms with Crippen LogP contribution in [0.3, 0.4) is 0 Å². The van der Waals surface area contributed by atoms with Gasteiger partial charge in [0.05, 0.1) is 7.11 Å². The number of fused-ring (bicyclic) bond motifs is 1. The summed E-state index contributed by atoms with van der Waals surface area (Å²) in [5, 5.41) is 6.71. The van der Waals surface area contributed by atoms with E-state index in [-0.39, 0.29) is 0 Å². The second kappa shape index (κ2) is 4.64. The topological polar surface area (TPSA) is 33.3 Å². The summed E-state index contributed by atoms with van der Waals surface area (Å²) in [4.78, 5) is 0. The molecule has 82 valence electrons. The van der Waals surface area contributed by atoms with E-state index in [1.807, 2.05) is 13.1 Å². The lowest BCUT2D eigenvalue weighted by atomic mass is 9.95. The molecule has 2 rings (SSSR count). The van der Waals surface area contributed by atoms with Crippen LogP contribution in [0.25, 0.3) is 0 Å². The second-order valence-corrected chi connectivity index (χ2v) is 3.94. The molecule has 0 bridgehead atoms. The Kier molecular flexibility index (Phi) is 3.23. The first-order valence-corrected chi connectivity index (χ1v) is 5.38. The molecule has 1 aliphatic heterocycles. The molecule has 1 atom stereocenters. The van der Waals surface area contributed by atoms with Gasteiger partial charge in [-0.15, -0.1) is 0 Å². The molecule has 0 aliphatic carbocycles. The van der Waals surface area contributed by atoms with Gasteiger partial charge >= 0.3 is 0 Å². The van der Waals surface area contributed by atoms with Crippen molar-refractivity contribution in [3.63, 3.8) is 0 Å². The Hall–Kier alpha value is -1.06. The molecule has 0 saturated heterocycles. The first-order chi connectivity index (χ1) is 7.35. The predicted molar refractivity (Wildman–Crippen MR) is 61.3 cm³/mol. The summed E-state index contributed by atoms with van der Waals surface area (Å²) in [6.45, 7) is 1.92. The van der Waals surface area contributed by atoms with Gasteiger partial charge in [0.25, 0.3) is 0 Å². The second-order valence-electron chi connectivity index (χ2n) is 3.94. The lowest BCUT2D eigenvalue weighted by Crippen LogP contribution is -2.42. The summed E-state index contributed by atoms with van der Waals surface area (Å²) in [6.07, 6.45) is 1.08. The fourth-order valence-electron chi connectivity index (χ4n) is 2.17. The van der Waals surface area contributed by atoms with E-state index in [1.54, 1.807) is 7.11 Å². The van der Waals surface area contributed by atoms with Crippen molar-refractivity contribution in [1.82, 2.24) is 10.6 Å². The van der Waals surface area contributed by atoms with E-state index < -0.39 is 0 Å². The molecule has 3 nitrogen and oxygen atoms in total. The minimum absolute atomic E-state index is 0.537. The number of ether oxygens (including phenoxy) is 1. The van der Waals surface area contributed by atoms with E-state index in [2.05, 4.69) is 22.8 Å². The number of benzene rings is 1. The summed E-state index contributed by atoms with van der Waals surface area (Å²) >= 11 is 0. The average molecular weight is 206 g/mol. The van der Waals surface area contributed by atoms with Gasteiger partial charge in [-0.1, -0.05) is 12.1 Å². The Morgan fingerprint density at radius 3 is 3.13 bits per heavy atom. The Morgan fingerprint density at radius 2 is 2.40 bits per heavy atom. The molecule has 0 amide bonds. The lowest BCUT2D eigenvalue weighted by Gasteiger charge is -2.27. The summed E-state index contributed by atoms with van der Waals surface area (Å²) in [6, 6.07) is 6.83. The third-order valence-corrected chi connectivity index (χ3v) is 2.93. The summed E-state index contributed by atoms with van der Waals surface area (Å²) < 4.78 is 5.35. The van der Waals surface area contributed by atoms with Crippen molar-refractivity contribution < 1.29 is 4.74 Å². The molecule has 2 N–H and O–H groups in total. The first-order valence-electron chi connectivity index (χ1n) is 5.38. The van der Waals surface area contributed by atoms with Gasteiger partial charge in [0.15, 0.2) is 0 Å². The monoisotopic (exact) mass is 206 g/mol. The van der Waals surface area contributed by atoms with Gasteiger partial charge < -0.3 is 15.4 Å². The van der Waals surface area contributed by atoms with Gasteiger partial charge in [-0.2, -0.15) is 0 Å². The van der Waals surface area contributed by atoms with Gasteiger partial charge in [-0.3, -0.25) is 0 Å². The highest BCUT2D eigenvalue weighted by Gasteiger charge is 2.19. The minimum atomic E-state index is 0.537. The van der Waals surface area contributed by atoms with E-state index in [0.717, 1.165) is 25.3 Å². The first kappa shape index (κ1) is 10.5. The molecule has 0 fully saturated rings. The number of methoxy groups -OCH3 is 1. The van der Waals surface area contributed by atoms with Crippen molar-refractivity contribution >= 4 is 0 Å². The third kappa shape index (κ3) is 2.13. The highest BCUT2D eigenvalue weighted by molar-refractivity contribution is 5.42. The Balaban J connectivity index is 2.20. The fraction of sp³-hybridized carbons (Fsp3) is 0.500. The van der Waals surface area contributed by atoms with Crippen molar-refractivity contribution in [2.75, 3.05) is 20.7 Å². The zero-order chi connectivity index (χ0) is 10.7. The number of likely N-dealkylation sites (N-methyl/N-ethyl adjacent to an activating group) is 1. The molecule has 1 aromatic carbocycles. The molecule has 1 aliphatic rings. The Bertz CT molecular complexity index is 338. The molecule has 1 heterocycles. The zero-order valence-corrected chi connectivity index (χ0v) is 9.34. The summed E-state index contributed by atoms with van der Waals surface area (Å²) in [7, 11) is 3.72. The molecule has 0 radical (unpaired) electrons. The van der Waals surface area contributed by atoms with Crippen LogP contribution in [0.1, 0.15) is 11.1 Å². The summed E-state index contributed by atoms with van der Waals surface area (Å²) in [5.41, 5.74) is 2.72. The fourth-order valence-corrected chi connectivity index (χ4v) is 2.17. The number of nitrogens with one attached hydrogen (secondary N) is 2. The lowest BCUT2D eigenvalue weighted by molar-refractivity contribution is 0.394. The van der Waals surface area contributed by atoms with Crippen LogP contribution in [-0.2, 0) is 13.0 Å². The van der Waals surface area contributed by atoms with Gasteiger partial charge in [-0.25, -0.2) is 0 Å². The van der Waals surface area contributed by atoms with Crippen molar-refractivity contribution in [1.29, 1.82) is 0 Å². The maximum atomic E-state index is 5.35. The smallest absolute Gasteiger partial charge is 0.123 e. The molecular formula is C12H18N2O. The normalized spacial score (nSPS) is 19.7. The molecule has 0 aromatic heterocycles. The molecule has 1 aromatic rings. The molecule has 3 heteroatoms. The molecule has 0 saturated carbocycles. The Morgan fingerprint density at radius 1 is 1.53 bits per heavy atom. The van der Waals surface area contributed by atoms with Crippen molar-refractivity contribution in [3.8, 4) is 5.75 Å². The van der Waals surface area contributed by atoms with Gasteiger partial charge in [0, 0.05) is 24.7 Å². The maximum Gasteiger partial charge on any atom is 0.123 e. The summed E-state index contributed by atoms with van der Waals surface area (Å²) in [5.74, 6) is 1.00. The van der Waals surface area contributed by atoms with E-state index >= 15 is 0 Å².